The second kappa shape index (κ2) is 5.77. The molecular weight excluding hydrogens is 310 g/mol. The number of aryl methyl sites for hydroxylation is 1. The molecule has 0 radical (unpaired) electrons. The molecule has 0 aliphatic heterocycles. The van der Waals surface area contributed by atoms with Gasteiger partial charge in [-0.15, -0.1) is 10.2 Å². The molecule has 0 saturated heterocycles. The minimum absolute atomic E-state index is 0.323. The molecule has 6 nitrogen and oxygen atoms in total. The average Bonchev–Trinajstić information content (AvgIpc) is 3.16. The Hall–Kier alpha value is -2.80. The van der Waals surface area contributed by atoms with Gasteiger partial charge in [0.25, 0.3) is 0 Å². The molecule has 0 aliphatic rings. The van der Waals surface area contributed by atoms with Crippen LogP contribution in [0.4, 0.5) is 0 Å². The Bertz CT molecular complexity index is 930. The molecule has 23 heavy (non-hydrogen) atoms. The first-order chi connectivity index (χ1) is 11.3. The monoisotopic (exact) mass is 323 g/mol. The molecule has 0 aliphatic carbocycles. The number of benzene rings is 1. The Morgan fingerprint density at radius 1 is 1.04 bits per heavy atom. The van der Waals surface area contributed by atoms with Crippen LogP contribution in [0.2, 0.25) is 0 Å². The second-order valence-corrected chi connectivity index (χ2v) is 6.01. The third-order valence-electron chi connectivity index (χ3n) is 3.37. The minimum atomic E-state index is 0.323. The highest BCUT2D eigenvalue weighted by Crippen LogP contribution is 2.25. The smallest absolute Gasteiger partial charge is 0.235 e. The highest BCUT2D eigenvalue weighted by molar-refractivity contribution is 7.19. The maximum atomic E-state index is 5.76. The van der Waals surface area contributed by atoms with E-state index in [1.807, 2.05) is 43.3 Å². The number of rotatable bonds is 4. The molecule has 4 rings (SSSR count). The Labute approximate surface area is 136 Å². The number of aromatic nitrogens is 5. The van der Waals surface area contributed by atoms with Crippen molar-refractivity contribution in [2.45, 2.75) is 13.5 Å². The van der Waals surface area contributed by atoms with Crippen LogP contribution in [-0.2, 0) is 6.61 Å². The minimum Gasteiger partial charge on any atom is -0.486 e. The topological polar surface area (TPSA) is 65.2 Å². The van der Waals surface area contributed by atoms with Gasteiger partial charge in [-0.25, -0.2) is 0 Å². The van der Waals surface area contributed by atoms with Crippen molar-refractivity contribution >= 4 is 16.3 Å². The fraction of sp³-hybridized carbons (Fsp3) is 0.125. The van der Waals surface area contributed by atoms with Crippen LogP contribution in [0.1, 0.15) is 11.4 Å². The Morgan fingerprint density at radius 2 is 1.83 bits per heavy atom. The van der Waals surface area contributed by atoms with Crippen molar-refractivity contribution in [1.29, 1.82) is 0 Å². The molecule has 7 heteroatoms. The summed E-state index contributed by atoms with van der Waals surface area (Å²) in [5.41, 5.74) is 2.21. The third kappa shape index (κ3) is 2.78. The fourth-order valence-corrected chi connectivity index (χ4v) is 3.00. The van der Waals surface area contributed by atoms with Crippen LogP contribution < -0.4 is 4.74 Å². The summed E-state index contributed by atoms with van der Waals surface area (Å²) in [6.45, 7) is 2.37. The first-order valence-electron chi connectivity index (χ1n) is 7.10. The predicted octanol–water partition coefficient (Wildman–Crippen LogP) is 3.14. The molecule has 0 fully saturated rings. The average molecular weight is 323 g/mol. The largest absolute Gasteiger partial charge is 0.486 e. The second-order valence-electron chi connectivity index (χ2n) is 5.06. The van der Waals surface area contributed by atoms with Gasteiger partial charge in [0.15, 0.2) is 5.82 Å². The number of nitrogens with zero attached hydrogens (tertiary/aromatic N) is 5. The van der Waals surface area contributed by atoms with Gasteiger partial charge < -0.3 is 4.74 Å². The maximum Gasteiger partial charge on any atom is 0.235 e. The van der Waals surface area contributed by atoms with Gasteiger partial charge in [-0.1, -0.05) is 29.0 Å². The SMILES string of the molecule is Cc1ccc(OCc2nnc3sc(-c4ccncc4)nn23)cc1. The van der Waals surface area contributed by atoms with Gasteiger partial charge in [0.05, 0.1) is 0 Å². The lowest BCUT2D eigenvalue weighted by Crippen LogP contribution is -2.02. The first kappa shape index (κ1) is 13.8. The Kier molecular flexibility index (Phi) is 3.47. The van der Waals surface area contributed by atoms with Crippen LogP contribution in [0, 0.1) is 6.92 Å². The van der Waals surface area contributed by atoms with Crippen molar-refractivity contribution in [3.63, 3.8) is 0 Å². The van der Waals surface area contributed by atoms with E-state index in [4.69, 9.17) is 4.74 Å². The van der Waals surface area contributed by atoms with Gasteiger partial charge in [-0.2, -0.15) is 9.61 Å². The lowest BCUT2D eigenvalue weighted by Gasteiger charge is -2.04. The number of hydrogen-bond acceptors (Lipinski definition) is 6. The molecule has 3 aromatic heterocycles. The molecule has 3 heterocycles. The molecule has 0 atom stereocenters. The van der Waals surface area contributed by atoms with Gasteiger partial charge in [-0.05, 0) is 31.2 Å². The zero-order chi connectivity index (χ0) is 15.6. The van der Waals surface area contributed by atoms with E-state index in [-0.39, 0.29) is 0 Å². The molecule has 4 aromatic rings. The van der Waals surface area contributed by atoms with E-state index in [1.54, 1.807) is 16.9 Å². The van der Waals surface area contributed by atoms with E-state index in [0.717, 1.165) is 21.3 Å². The van der Waals surface area contributed by atoms with Gasteiger partial charge in [0.2, 0.25) is 4.96 Å². The highest BCUT2D eigenvalue weighted by Gasteiger charge is 2.13. The van der Waals surface area contributed by atoms with E-state index in [1.165, 1.54) is 16.9 Å². The van der Waals surface area contributed by atoms with Crippen molar-refractivity contribution in [3.05, 3.63) is 60.2 Å². The third-order valence-corrected chi connectivity index (χ3v) is 4.32. The predicted molar refractivity (Wildman–Crippen MR) is 87.4 cm³/mol. The van der Waals surface area contributed by atoms with E-state index in [2.05, 4.69) is 20.3 Å². The maximum absolute atomic E-state index is 5.76. The van der Waals surface area contributed by atoms with E-state index < -0.39 is 0 Å². The Morgan fingerprint density at radius 3 is 2.61 bits per heavy atom. The van der Waals surface area contributed by atoms with Crippen LogP contribution in [0.25, 0.3) is 15.5 Å². The van der Waals surface area contributed by atoms with Crippen LogP contribution in [-0.4, -0.2) is 24.8 Å². The lowest BCUT2D eigenvalue weighted by atomic mass is 10.2. The van der Waals surface area contributed by atoms with Crippen molar-refractivity contribution in [2.24, 2.45) is 0 Å². The highest BCUT2D eigenvalue weighted by atomic mass is 32.1. The van der Waals surface area contributed by atoms with E-state index >= 15 is 0 Å². The molecule has 0 spiro atoms. The summed E-state index contributed by atoms with van der Waals surface area (Å²) in [7, 11) is 0. The van der Waals surface area contributed by atoms with Gasteiger partial charge in [-0.3, -0.25) is 4.98 Å². The van der Waals surface area contributed by atoms with Crippen LogP contribution in [0.3, 0.4) is 0 Å². The van der Waals surface area contributed by atoms with Crippen LogP contribution in [0.15, 0.2) is 48.8 Å². The van der Waals surface area contributed by atoms with Crippen molar-refractivity contribution in [1.82, 2.24) is 24.8 Å². The first-order valence-corrected chi connectivity index (χ1v) is 7.92. The lowest BCUT2D eigenvalue weighted by molar-refractivity contribution is 0.293. The van der Waals surface area contributed by atoms with Crippen molar-refractivity contribution in [2.75, 3.05) is 0 Å². The molecule has 0 bridgehead atoms. The molecule has 114 valence electrons. The molecular formula is C16H13N5OS. The standard InChI is InChI=1S/C16H13N5OS/c1-11-2-4-13(5-3-11)22-10-14-18-19-16-21(14)20-15(23-16)12-6-8-17-9-7-12/h2-9H,10H2,1H3. The van der Waals surface area contributed by atoms with Gasteiger partial charge >= 0.3 is 0 Å². The van der Waals surface area contributed by atoms with Crippen molar-refractivity contribution < 1.29 is 4.74 Å². The van der Waals surface area contributed by atoms with Crippen molar-refractivity contribution in [3.8, 4) is 16.3 Å². The van der Waals surface area contributed by atoms with E-state index in [9.17, 15) is 0 Å². The zero-order valence-corrected chi connectivity index (χ0v) is 13.2. The van der Waals surface area contributed by atoms with E-state index in [0.29, 0.717) is 12.4 Å². The normalized spacial score (nSPS) is 11.0. The number of ether oxygens (including phenoxy) is 1. The summed E-state index contributed by atoms with van der Waals surface area (Å²) in [5.74, 6) is 1.48. The summed E-state index contributed by atoms with van der Waals surface area (Å²) in [4.78, 5) is 4.77. The molecule has 1 aromatic carbocycles. The molecule has 0 amide bonds. The Balaban J connectivity index is 1.58. The van der Waals surface area contributed by atoms with Gasteiger partial charge in [0.1, 0.15) is 17.4 Å². The van der Waals surface area contributed by atoms with Crippen LogP contribution in [0.5, 0.6) is 5.75 Å². The number of fused-ring (bicyclic) bond motifs is 1. The molecule has 0 unspecified atom stereocenters. The molecule has 0 N–H and O–H groups in total. The fourth-order valence-electron chi connectivity index (χ4n) is 2.14. The zero-order valence-electron chi connectivity index (χ0n) is 12.4. The molecule has 0 saturated carbocycles. The number of pyridine rings is 1. The summed E-state index contributed by atoms with van der Waals surface area (Å²) in [6.07, 6.45) is 3.50. The summed E-state index contributed by atoms with van der Waals surface area (Å²) >= 11 is 1.49. The summed E-state index contributed by atoms with van der Waals surface area (Å²) in [6, 6.07) is 11.8. The number of hydrogen-bond donors (Lipinski definition) is 0. The summed E-state index contributed by atoms with van der Waals surface area (Å²) < 4.78 is 7.49. The van der Waals surface area contributed by atoms with Crippen LogP contribution >= 0.6 is 11.3 Å². The van der Waals surface area contributed by atoms with Gasteiger partial charge in [0, 0.05) is 18.0 Å². The quantitative estimate of drug-likeness (QED) is 0.577. The summed E-state index contributed by atoms with van der Waals surface area (Å²) in [5, 5.41) is 13.8.